The van der Waals surface area contributed by atoms with Gasteiger partial charge in [0, 0.05) is 12.6 Å². The second-order valence-corrected chi connectivity index (χ2v) is 3.80. The first kappa shape index (κ1) is 13.5. The number of hydrogen-bond donors (Lipinski definition) is 0. The lowest BCUT2D eigenvalue weighted by Gasteiger charge is -2.03. The molecule has 0 saturated carbocycles. The lowest BCUT2D eigenvalue weighted by atomic mass is 10.1. The van der Waals surface area contributed by atoms with Crippen molar-refractivity contribution in [2.75, 3.05) is 0 Å². The topological polar surface area (TPSA) is 36.7 Å². The van der Waals surface area contributed by atoms with Crippen molar-refractivity contribution in [3.63, 3.8) is 0 Å². The molecule has 0 aliphatic heterocycles. The summed E-state index contributed by atoms with van der Waals surface area (Å²) in [6.45, 7) is 0. The minimum absolute atomic E-state index is 0. The highest BCUT2D eigenvalue weighted by Gasteiger charge is 2.01. The van der Waals surface area contributed by atoms with Crippen LogP contribution in [-0.2, 0) is 6.42 Å². The zero-order valence-electron chi connectivity index (χ0n) is 8.93. The lowest BCUT2D eigenvalue weighted by molar-refractivity contribution is 1.14. The Bertz CT molecular complexity index is 530. The quantitative estimate of drug-likeness (QED) is 0.777. The average molecular weight is 265 g/mol. The van der Waals surface area contributed by atoms with Gasteiger partial charge >= 0.3 is 0 Å². The van der Waals surface area contributed by atoms with Crippen molar-refractivity contribution in [2.45, 2.75) is 6.42 Å². The minimum atomic E-state index is 0. The average Bonchev–Trinajstić information content (AvgIpc) is 2.33. The molecule has 0 bridgehead atoms. The standard InChI is InChI=1S/C13H9ClN2.ClH/c14-13-12(2-1-7-16-13)8-10-3-5-11(9-15)6-4-10;/h1-7H,8H2;1H. The molecule has 0 N–H and O–H groups in total. The van der Waals surface area contributed by atoms with Crippen molar-refractivity contribution in [3.05, 3.63) is 64.4 Å². The number of halogens is 2. The van der Waals surface area contributed by atoms with E-state index in [0.717, 1.165) is 17.5 Å². The summed E-state index contributed by atoms with van der Waals surface area (Å²) >= 11 is 5.97. The van der Waals surface area contributed by atoms with Crippen LogP contribution in [0.25, 0.3) is 0 Å². The van der Waals surface area contributed by atoms with Crippen LogP contribution >= 0.6 is 24.0 Å². The minimum Gasteiger partial charge on any atom is -0.244 e. The first-order valence-electron chi connectivity index (χ1n) is 4.88. The molecule has 2 nitrogen and oxygen atoms in total. The van der Waals surface area contributed by atoms with E-state index < -0.39 is 0 Å². The van der Waals surface area contributed by atoms with Gasteiger partial charge in [-0.1, -0.05) is 29.8 Å². The largest absolute Gasteiger partial charge is 0.244 e. The summed E-state index contributed by atoms with van der Waals surface area (Å²) in [5, 5.41) is 9.22. The van der Waals surface area contributed by atoms with Crippen LogP contribution in [0.4, 0.5) is 0 Å². The van der Waals surface area contributed by atoms with Gasteiger partial charge in [0.2, 0.25) is 0 Å². The van der Waals surface area contributed by atoms with E-state index in [-0.39, 0.29) is 12.4 Å². The summed E-state index contributed by atoms with van der Waals surface area (Å²) in [4.78, 5) is 4.02. The first-order chi connectivity index (χ1) is 7.79. The molecule has 17 heavy (non-hydrogen) atoms. The third-order valence-electron chi connectivity index (χ3n) is 2.31. The molecular weight excluding hydrogens is 255 g/mol. The molecule has 0 aliphatic carbocycles. The van der Waals surface area contributed by atoms with Crippen LogP contribution in [0, 0.1) is 11.3 Å². The van der Waals surface area contributed by atoms with Gasteiger partial charge in [0.25, 0.3) is 0 Å². The Labute approximate surface area is 111 Å². The zero-order valence-corrected chi connectivity index (χ0v) is 10.5. The van der Waals surface area contributed by atoms with E-state index in [1.807, 2.05) is 24.3 Å². The van der Waals surface area contributed by atoms with E-state index >= 15 is 0 Å². The normalized spacial score (nSPS) is 9.18. The molecule has 2 aromatic rings. The van der Waals surface area contributed by atoms with E-state index in [2.05, 4.69) is 11.1 Å². The van der Waals surface area contributed by atoms with Crippen molar-refractivity contribution in [1.82, 2.24) is 4.98 Å². The Morgan fingerprint density at radius 3 is 2.47 bits per heavy atom. The Morgan fingerprint density at radius 2 is 1.88 bits per heavy atom. The Hall–Kier alpha value is -1.56. The van der Waals surface area contributed by atoms with E-state index in [4.69, 9.17) is 16.9 Å². The predicted octanol–water partition coefficient (Wildman–Crippen LogP) is 3.62. The molecule has 86 valence electrons. The highest BCUT2D eigenvalue weighted by molar-refractivity contribution is 6.30. The van der Waals surface area contributed by atoms with Gasteiger partial charge < -0.3 is 0 Å². The molecule has 0 radical (unpaired) electrons. The van der Waals surface area contributed by atoms with Gasteiger partial charge in [0.1, 0.15) is 5.15 Å². The summed E-state index contributed by atoms with van der Waals surface area (Å²) in [5.41, 5.74) is 2.78. The second-order valence-electron chi connectivity index (χ2n) is 3.44. The fourth-order valence-corrected chi connectivity index (χ4v) is 1.65. The van der Waals surface area contributed by atoms with Gasteiger partial charge in [0.15, 0.2) is 0 Å². The van der Waals surface area contributed by atoms with Crippen LogP contribution in [0.5, 0.6) is 0 Å². The van der Waals surface area contributed by atoms with Gasteiger partial charge in [-0.2, -0.15) is 5.26 Å². The van der Waals surface area contributed by atoms with Crippen molar-refractivity contribution in [1.29, 1.82) is 5.26 Å². The van der Waals surface area contributed by atoms with Gasteiger partial charge in [-0.05, 0) is 29.3 Å². The number of nitriles is 1. The Kier molecular flexibility index (Phi) is 4.96. The summed E-state index contributed by atoms with van der Waals surface area (Å²) in [7, 11) is 0. The van der Waals surface area contributed by atoms with E-state index in [1.54, 1.807) is 18.3 Å². The smallest absolute Gasteiger partial charge is 0.132 e. The van der Waals surface area contributed by atoms with Crippen molar-refractivity contribution < 1.29 is 0 Å². The van der Waals surface area contributed by atoms with Crippen LogP contribution in [-0.4, -0.2) is 4.98 Å². The van der Waals surface area contributed by atoms with Gasteiger partial charge in [-0.15, -0.1) is 12.4 Å². The van der Waals surface area contributed by atoms with Gasteiger partial charge in [-0.25, -0.2) is 4.98 Å². The van der Waals surface area contributed by atoms with Crippen molar-refractivity contribution in [2.24, 2.45) is 0 Å². The number of hydrogen-bond acceptors (Lipinski definition) is 2. The third kappa shape index (κ3) is 3.45. The molecule has 0 atom stereocenters. The molecule has 1 aromatic carbocycles. The highest BCUT2D eigenvalue weighted by atomic mass is 35.5. The molecule has 2 rings (SSSR count). The van der Waals surface area contributed by atoms with Gasteiger partial charge in [-0.3, -0.25) is 0 Å². The summed E-state index contributed by atoms with van der Waals surface area (Å²) in [5.74, 6) is 0. The fourth-order valence-electron chi connectivity index (χ4n) is 1.47. The third-order valence-corrected chi connectivity index (χ3v) is 2.65. The predicted molar refractivity (Wildman–Crippen MR) is 70.5 cm³/mol. The number of aromatic nitrogens is 1. The van der Waals surface area contributed by atoms with E-state index in [1.165, 1.54) is 0 Å². The van der Waals surface area contributed by atoms with Crippen LogP contribution in [0.15, 0.2) is 42.6 Å². The van der Waals surface area contributed by atoms with Crippen LogP contribution in [0.3, 0.4) is 0 Å². The summed E-state index contributed by atoms with van der Waals surface area (Å²) in [6.07, 6.45) is 2.41. The number of benzene rings is 1. The molecule has 0 aliphatic rings. The zero-order chi connectivity index (χ0) is 11.4. The fraction of sp³-hybridized carbons (Fsp3) is 0.0769. The first-order valence-corrected chi connectivity index (χ1v) is 5.26. The number of rotatable bonds is 2. The van der Waals surface area contributed by atoms with Crippen molar-refractivity contribution in [3.8, 4) is 6.07 Å². The Morgan fingerprint density at radius 1 is 1.18 bits per heavy atom. The highest BCUT2D eigenvalue weighted by Crippen LogP contribution is 2.16. The van der Waals surface area contributed by atoms with E-state index in [9.17, 15) is 0 Å². The molecule has 1 aromatic heterocycles. The molecule has 0 fully saturated rings. The second kappa shape index (κ2) is 6.24. The molecule has 0 amide bonds. The summed E-state index contributed by atoms with van der Waals surface area (Å²) < 4.78 is 0. The molecular formula is C13H10Cl2N2. The maximum Gasteiger partial charge on any atom is 0.132 e. The maximum atomic E-state index is 8.68. The molecule has 0 unspecified atom stereocenters. The van der Waals surface area contributed by atoms with Crippen LogP contribution in [0.1, 0.15) is 16.7 Å². The number of nitrogens with zero attached hydrogens (tertiary/aromatic N) is 2. The van der Waals surface area contributed by atoms with Crippen molar-refractivity contribution >= 4 is 24.0 Å². The molecule has 4 heteroatoms. The number of pyridine rings is 1. The molecule has 0 spiro atoms. The monoisotopic (exact) mass is 264 g/mol. The van der Waals surface area contributed by atoms with Gasteiger partial charge in [0.05, 0.1) is 11.6 Å². The van der Waals surface area contributed by atoms with E-state index in [0.29, 0.717) is 10.7 Å². The SMILES string of the molecule is Cl.N#Cc1ccc(Cc2cccnc2Cl)cc1. The molecule has 0 saturated heterocycles. The Balaban J connectivity index is 0.00000144. The molecule has 1 heterocycles. The summed E-state index contributed by atoms with van der Waals surface area (Å²) in [6, 6.07) is 13.4. The maximum absolute atomic E-state index is 8.68. The lowest BCUT2D eigenvalue weighted by Crippen LogP contribution is -1.91. The van der Waals surface area contributed by atoms with Crippen LogP contribution in [0.2, 0.25) is 5.15 Å². The van der Waals surface area contributed by atoms with Crippen LogP contribution < -0.4 is 0 Å².